The van der Waals surface area contributed by atoms with Gasteiger partial charge in [-0.2, -0.15) is 5.26 Å². The maximum absolute atomic E-state index is 13.6. The summed E-state index contributed by atoms with van der Waals surface area (Å²) in [5, 5.41) is 12.2. The number of halogens is 1. The predicted molar refractivity (Wildman–Crippen MR) is 110 cm³/mol. The Hall–Kier alpha value is -3.54. The summed E-state index contributed by atoms with van der Waals surface area (Å²) >= 11 is 0. The average Bonchev–Trinajstić information content (AvgIpc) is 3.13. The average molecular weight is 422 g/mol. The van der Waals surface area contributed by atoms with Gasteiger partial charge in [0.2, 0.25) is 11.7 Å². The van der Waals surface area contributed by atoms with Gasteiger partial charge in [0.25, 0.3) is 5.91 Å². The number of ether oxygens (including phenoxy) is 1. The number of carbonyl (C=O) groups excluding carboxylic acids is 1. The van der Waals surface area contributed by atoms with E-state index in [1.807, 2.05) is 27.7 Å². The van der Waals surface area contributed by atoms with Crippen LogP contribution in [0.15, 0.2) is 30.7 Å². The Kier molecular flexibility index (Phi) is 4.69. The van der Waals surface area contributed by atoms with E-state index in [1.54, 1.807) is 19.1 Å². The van der Waals surface area contributed by atoms with Crippen LogP contribution in [-0.4, -0.2) is 37.4 Å². The van der Waals surface area contributed by atoms with E-state index in [-0.39, 0.29) is 29.5 Å². The highest BCUT2D eigenvalue weighted by atomic mass is 19.1. The van der Waals surface area contributed by atoms with E-state index in [1.165, 1.54) is 16.8 Å². The van der Waals surface area contributed by atoms with E-state index in [9.17, 15) is 9.18 Å². The number of nitrogens with zero attached hydrogens (tertiary/aromatic N) is 5. The molecule has 1 N–H and O–H groups in total. The molecule has 1 fully saturated rings. The number of hydrogen-bond donors (Lipinski definition) is 1. The lowest BCUT2D eigenvalue weighted by molar-refractivity contribution is -0.165. The first-order valence-electron chi connectivity index (χ1n) is 9.89. The molecule has 160 valence electrons. The van der Waals surface area contributed by atoms with Gasteiger partial charge < -0.3 is 10.1 Å². The van der Waals surface area contributed by atoms with Gasteiger partial charge in [0, 0.05) is 22.9 Å². The third-order valence-corrected chi connectivity index (χ3v) is 6.10. The minimum absolute atomic E-state index is 0.211. The summed E-state index contributed by atoms with van der Waals surface area (Å²) in [5.41, 5.74) is 0.499. The fourth-order valence-corrected chi connectivity index (χ4v) is 4.87. The lowest BCUT2D eigenvalue weighted by Gasteiger charge is -2.62. The zero-order valence-corrected chi connectivity index (χ0v) is 18.0. The minimum Gasteiger partial charge on any atom is -0.473 e. The fourth-order valence-electron chi connectivity index (χ4n) is 4.87. The quantitative estimate of drug-likeness (QED) is 0.693. The number of aryl methyl sites for hydroxylation is 1. The standard InChI is InChI=1S/C22H23FN6O2/c1-12-13(8-24)6-7-16(27-12)31-19-21(2,3)18(22(19,4)5)28-17(30)15-10-26-20-25-9-14(23)11-29(15)20/h6-7,9-11,18-19H,1-5H3,(H,28,30). The molecular formula is C22H23FN6O2. The maximum atomic E-state index is 13.6. The van der Waals surface area contributed by atoms with Gasteiger partial charge in [0.1, 0.15) is 17.9 Å². The number of fused-ring (bicyclic) bond motifs is 1. The molecule has 1 amide bonds. The molecular weight excluding hydrogens is 399 g/mol. The Balaban J connectivity index is 1.55. The maximum Gasteiger partial charge on any atom is 0.270 e. The van der Waals surface area contributed by atoms with Gasteiger partial charge in [0.05, 0.1) is 29.8 Å². The predicted octanol–water partition coefficient (Wildman–Crippen LogP) is 3.06. The molecule has 8 nitrogen and oxygen atoms in total. The van der Waals surface area contributed by atoms with Crippen LogP contribution < -0.4 is 10.1 Å². The number of pyridine rings is 1. The Morgan fingerprint density at radius 1 is 1.23 bits per heavy atom. The van der Waals surface area contributed by atoms with E-state index in [0.717, 1.165) is 6.20 Å². The van der Waals surface area contributed by atoms with Crippen molar-refractivity contribution in [3.05, 3.63) is 53.5 Å². The highest BCUT2D eigenvalue weighted by molar-refractivity contribution is 5.93. The molecule has 0 atom stereocenters. The summed E-state index contributed by atoms with van der Waals surface area (Å²) in [4.78, 5) is 25.3. The molecule has 9 heteroatoms. The Morgan fingerprint density at radius 3 is 2.55 bits per heavy atom. The zero-order valence-electron chi connectivity index (χ0n) is 18.0. The summed E-state index contributed by atoms with van der Waals surface area (Å²) in [6, 6.07) is 5.25. The monoisotopic (exact) mass is 422 g/mol. The van der Waals surface area contributed by atoms with Gasteiger partial charge in [-0.25, -0.2) is 19.3 Å². The number of imidazole rings is 1. The van der Waals surface area contributed by atoms with Crippen molar-refractivity contribution in [3.8, 4) is 11.9 Å². The van der Waals surface area contributed by atoms with Crippen LogP contribution >= 0.6 is 0 Å². The first kappa shape index (κ1) is 20.7. The summed E-state index contributed by atoms with van der Waals surface area (Å²) in [5.74, 6) is -0.225. The van der Waals surface area contributed by atoms with Crippen LogP contribution in [-0.2, 0) is 0 Å². The van der Waals surface area contributed by atoms with Crippen LogP contribution in [0.1, 0.15) is 49.4 Å². The number of amides is 1. The molecule has 1 saturated carbocycles. The van der Waals surface area contributed by atoms with Gasteiger partial charge >= 0.3 is 0 Å². The largest absolute Gasteiger partial charge is 0.473 e. The highest BCUT2D eigenvalue weighted by Crippen LogP contribution is 2.55. The lowest BCUT2D eigenvalue weighted by Crippen LogP contribution is -2.74. The molecule has 0 unspecified atom stereocenters. The molecule has 0 bridgehead atoms. The van der Waals surface area contributed by atoms with Crippen molar-refractivity contribution in [3.63, 3.8) is 0 Å². The number of aromatic nitrogens is 4. The summed E-state index contributed by atoms with van der Waals surface area (Å²) in [6.45, 7) is 9.82. The van der Waals surface area contributed by atoms with Crippen LogP contribution in [0.25, 0.3) is 5.78 Å². The fraction of sp³-hybridized carbons (Fsp3) is 0.409. The SMILES string of the molecule is Cc1nc(OC2C(C)(C)C(NC(=O)c3cnc4ncc(F)cn34)C2(C)C)ccc1C#N. The van der Waals surface area contributed by atoms with Crippen molar-refractivity contribution in [2.45, 2.75) is 46.8 Å². The van der Waals surface area contributed by atoms with Crippen molar-refractivity contribution >= 4 is 11.7 Å². The Morgan fingerprint density at radius 2 is 1.90 bits per heavy atom. The zero-order chi connectivity index (χ0) is 22.6. The van der Waals surface area contributed by atoms with Crippen molar-refractivity contribution < 1.29 is 13.9 Å². The Bertz CT molecular complexity index is 1210. The second kappa shape index (κ2) is 7.01. The molecule has 31 heavy (non-hydrogen) atoms. The summed E-state index contributed by atoms with van der Waals surface area (Å²) in [7, 11) is 0. The minimum atomic E-state index is -0.553. The van der Waals surface area contributed by atoms with Crippen LogP contribution in [0, 0.1) is 34.9 Å². The smallest absolute Gasteiger partial charge is 0.270 e. The molecule has 0 saturated heterocycles. The molecule has 4 rings (SSSR count). The molecule has 3 heterocycles. The van der Waals surface area contributed by atoms with Gasteiger partial charge in [-0.3, -0.25) is 9.20 Å². The van der Waals surface area contributed by atoms with Crippen LogP contribution in [0.5, 0.6) is 5.88 Å². The third-order valence-electron chi connectivity index (χ3n) is 6.10. The van der Waals surface area contributed by atoms with Gasteiger partial charge in [0.15, 0.2) is 5.82 Å². The molecule has 0 aromatic carbocycles. The van der Waals surface area contributed by atoms with Crippen molar-refractivity contribution in [1.82, 2.24) is 24.7 Å². The van der Waals surface area contributed by atoms with E-state index in [2.05, 4.69) is 26.3 Å². The lowest BCUT2D eigenvalue weighted by atomic mass is 9.49. The topological polar surface area (TPSA) is 105 Å². The first-order valence-corrected chi connectivity index (χ1v) is 9.89. The number of nitriles is 1. The molecule has 1 aliphatic carbocycles. The molecule has 3 aromatic heterocycles. The van der Waals surface area contributed by atoms with Crippen molar-refractivity contribution in [1.29, 1.82) is 5.26 Å². The number of nitrogens with one attached hydrogen (secondary N) is 1. The molecule has 3 aromatic rings. The normalized spacial score (nSPS) is 21.2. The summed E-state index contributed by atoms with van der Waals surface area (Å²) < 4.78 is 21.1. The van der Waals surface area contributed by atoms with Gasteiger partial charge in [-0.15, -0.1) is 0 Å². The molecule has 0 radical (unpaired) electrons. The number of carbonyl (C=O) groups is 1. The third kappa shape index (κ3) is 3.28. The van der Waals surface area contributed by atoms with E-state index in [4.69, 9.17) is 10.00 Å². The van der Waals surface area contributed by atoms with Crippen LogP contribution in [0.4, 0.5) is 4.39 Å². The Labute approximate surface area is 179 Å². The molecule has 1 aliphatic rings. The number of rotatable bonds is 4. The molecule has 0 spiro atoms. The molecule has 0 aliphatic heterocycles. The second-order valence-corrected chi connectivity index (χ2v) is 9.03. The van der Waals surface area contributed by atoms with E-state index >= 15 is 0 Å². The van der Waals surface area contributed by atoms with E-state index in [0.29, 0.717) is 17.1 Å². The first-order chi connectivity index (χ1) is 14.6. The highest BCUT2D eigenvalue weighted by Gasteiger charge is 2.64. The number of hydrogen-bond acceptors (Lipinski definition) is 6. The van der Waals surface area contributed by atoms with Crippen LogP contribution in [0.2, 0.25) is 0 Å². The van der Waals surface area contributed by atoms with Crippen molar-refractivity contribution in [2.75, 3.05) is 0 Å². The van der Waals surface area contributed by atoms with Crippen LogP contribution in [0.3, 0.4) is 0 Å². The van der Waals surface area contributed by atoms with Gasteiger partial charge in [-0.05, 0) is 13.0 Å². The van der Waals surface area contributed by atoms with Crippen molar-refractivity contribution in [2.24, 2.45) is 10.8 Å². The second-order valence-electron chi connectivity index (χ2n) is 9.03. The summed E-state index contributed by atoms with van der Waals surface area (Å²) in [6.07, 6.45) is 3.40. The van der Waals surface area contributed by atoms with Gasteiger partial charge in [-0.1, -0.05) is 27.7 Å². The van der Waals surface area contributed by atoms with E-state index < -0.39 is 16.6 Å².